The Morgan fingerprint density at radius 3 is 2.26 bits per heavy atom. The van der Waals surface area contributed by atoms with Gasteiger partial charge in [-0.25, -0.2) is 4.79 Å². The SMILES string of the molecule is COc1cc2c(cc1OC)CN(C(=O)CN1C(=O)NC(C)(c3ccc(C(C)C)cc3)C1=O)CC2. The van der Waals surface area contributed by atoms with E-state index in [1.54, 1.807) is 26.0 Å². The molecule has 0 bridgehead atoms. The Morgan fingerprint density at radius 2 is 1.68 bits per heavy atom. The summed E-state index contributed by atoms with van der Waals surface area (Å²) < 4.78 is 10.8. The first kappa shape index (κ1) is 23.6. The van der Waals surface area contributed by atoms with Gasteiger partial charge >= 0.3 is 6.03 Å². The van der Waals surface area contributed by atoms with E-state index in [1.165, 1.54) is 0 Å². The number of hydrogen-bond donors (Lipinski definition) is 1. The molecule has 8 heteroatoms. The maximum absolute atomic E-state index is 13.3. The molecule has 1 atom stereocenters. The van der Waals surface area contributed by atoms with Crippen LogP contribution in [0.2, 0.25) is 0 Å². The number of nitrogens with one attached hydrogen (secondary N) is 1. The summed E-state index contributed by atoms with van der Waals surface area (Å²) in [6, 6.07) is 10.9. The summed E-state index contributed by atoms with van der Waals surface area (Å²) in [5, 5.41) is 2.78. The topological polar surface area (TPSA) is 88.2 Å². The van der Waals surface area contributed by atoms with Gasteiger partial charge in [0.05, 0.1) is 14.2 Å². The molecule has 0 aromatic heterocycles. The summed E-state index contributed by atoms with van der Waals surface area (Å²) in [5.41, 5.74) is 2.69. The van der Waals surface area contributed by atoms with Crippen LogP contribution in [-0.4, -0.2) is 55.0 Å². The minimum absolute atomic E-state index is 0.275. The zero-order valence-electron chi connectivity index (χ0n) is 20.3. The molecule has 180 valence electrons. The number of rotatable bonds is 6. The molecule has 2 aromatic carbocycles. The minimum atomic E-state index is -1.20. The highest BCUT2D eigenvalue weighted by atomic mass is 16.5. The van der Waals surface area contributed by atoms with Gasteiger partial charge in [-0.05, 0) is 53.6 Å². The first-order valence-corrected chi connectivity index (χ1v) is 11.4. The predicted molar refractivity (Wildman–Crippen MR) is 127 cm³/mol. The normalized spacial score (nSPS) is 19.8. The number of urea groups is 1. The number of ether oxygens (including phenoxy) is 2. The van der Waals surface area contributed by atoms with Gasteiger partial charge in [0.15, 0.2) is 11.5 Å². The molecule has 2 aliphatic rings. The fraction of sp³-hybridized carbons (Fsp3) is 0.423. The summed E-state index contributed by atoms with van der Waals surface area (Å²) in [6.07, 6.45) is 0.654. The standard InChI is InChI=1S/C26H31N3O5/c1-16(2)17-6-8-20(9-7-17)26(3)24(31)29(25(32)27-26)15-23(30)28-11-10-18-12-21(33-4)22(34-5)13-19(18)14-28/h6-9,12-13,16H,10-11,14-15H2,1-5H3,(H,27,32). The molecule has 4 rings (SSSR count). The molecule has 0 saturated carbocycles. The van der Waals surface area contributed by atoms with E-state index < -0.39 is 17.5 Å². The average molecular weight is 466 g/mol. The number of nitrogens with zero attached hydrogens (tertiary/aromatic N) is 2. The molecular formula is C26H31N3O5. The number of benzene rings is 2. The van der Waals surface area contributed by atoms with Gasteiger partial charge in [0, 0.05) is 13.1 Å². The van der Waals surface area contributed by atoms with Crippen molar-refractivity contribution in [3.63, 3.8) is 0 Å². The molecule has 2 aliphatic heterocycles. The van der Waals surface area contributed by atoms with Crippen molar-refractivity contribution in [2.45, 2.75) is 45.2 Å². The van der Waals surface area contributed by atoms with Gasteiger partial charge in [0.2, 0.25) is 5.91 Å². The third kappa shape index (κ3) is 4.08. The van der Waals surface area contributed by atoms with E-state index in [4.69, 9.17) is 9.47 Å². The lowest BCUT2D eigenvalue weighted by molar-refractivity contribution is -0.139. The summed E-state index contributed by atoms with van der Waals surface area (Å²) in [7, 11) is 3.16. The molecule has 0 aliphatic carbocycles. The fourth-order valence-corrected chi connectivity index (χ4v) is 4.57. The van der Waals surface area contributed by atoms with Gasteiger partial charge in [0.25, 0.3) is 5.91 Å². The lowest BCUT2D eigenvalue weighted by Crippen LogP contribution is -2.45. The molecule has 4 amide bonds. The first-order chi connectivity index (χ1) is 16.2. The second kappa shape index (κ2) is 9.00. The van der Waals surface area contributed by atoms with E-state index in [2.05, 4.69) is 19.2 Å². The van der Waals surface area contributed by atoms with E-state index in [0.717, 1.165) is 21.6 Å². The molecule has 0 radical (unpaired) electrons. The molecule has 1 N–H and O–H groups in total. The summed E-state index contributed by atoms with van der Waals surface area (Å²) >= 11 is 0. The van der Waals surface area contributed by atoms with Gasteiger partial charge in [0.1, 0.15) is 12.1 Å². The lowest BCUT2D eigenvalue weighted by atomic mass is 9.90. The van der Waals surface area contributed by atoms with Crippen LogP contribution in [0.3, 0.4) is 0 Å². The Balaban J connectivity index is 1.48. The Labute approximate surface area is 199 Å². The molecule has 2 aromatic rings. The highest BCUT2D eigenvalue weighted by molar-refractivity contribution is 6.09. The van der Waals surface area contributed by atoms with Crippen LogP contribution >= 0.6 is 0 Å². The molecule has 8 nitrogen and oxygen atoms in total. The second-order valence-electron chi connectivity index (χ2n) is 9.26. The van der Waals surface area contributed by atoms with E-state index in [9.17, 15) is 14.4 Å². The minimum Gasteiger partial charge on any atom is -0.493 e. The van der Waals surface area contributed by atoms with Gasteiger partial charge in [-0.1, -0.05) is 38.1 Å². The lowest BCUT2D eigenvalue weighted by Gasteiger charge is -2.30. The smallest absolute Gasteiger partial charge is 0.325 e. The van der Waals surface area contributed by atoms with E-state index >= 15 is 0 Å². The van der Waals surface area contributed by atoms with Crippen molar-refractivity contribution < 1.29 is 23.9 Å². The molecule has 34 heavy (non-hydrogen) atoms. The average Bonchev–Trinajstić information content (AvgIpc) is 3.06. The van der Waals surface area contributed by atoms with Crippen molar-refractivity contribution in [2.75, 3.05) is 27.3 Å². The van der Waals surface area contributed by atoms with Crippen LogP contribution in [0.25, 0.3) is 0 Å². The quantitative estimate of drug-likeness (QED) is 0.662. The molecule has 0 spiro atoms. The maximum atomic E-state index is 13.3. The van der Waals surface area contributed by atoms with Crippen molar-refractivity contribution in [1.29, 1.82) is 0 Å². The van der Waals surface area contributed by atoms with E-state index in [0.29, 0.717) is 42.5 Å². The number of methoxy groups -OCH3 is 2. The predicted octanol–water partition coefficient (Wildman–Crippen LogP) is 3.18. The maximum Gasteiger partial charge on any atom is 0.325 e. The molecule has 1 saturated heterocycles. The number of carbonyl (C=O) groups is 3. The summed E-state index contributed by atoms with van der Waals surface area (Å²) in [6.45, 7) is 6.45. The molecule has 1 fully saturated rings. The van der Waals surface area contributed by atoms with E-state index in [1.807, 2.05) is 36.4 Å². The number of carbonyl (C=O) groups excluding carboxylic acids is 3. The monoisotopic (exact) mass is 465 g/mol. The van der Waals surface area contributed by atoms with Crippen LogP contribution in [0, 0.1) is 0 Å². The van der Waals surface area contributed by atoms with Crippen LogP contribution in [0.4, 0.5) is 4.79 Å². The Bertz CT molecular complexity index is 1130. The van der Waals surface area contributed by atoms with Crippen molar-refractivity contribution >= 4 is 17.8 Å². The van der Waals surface area contributed by atoms with E-state index in [-0.39, 0.29) is 12.5 Å². The molecule has 2 heterocycles. The van der Waals surface area contributed by atoms with Crippen molar-refractivity contribution in [2.24, 2.45) is 0 Å². The van der Waals surface area contributed by atoms with Crippen LogP contribution < -0.4 is 14.8 Å². The zero-order chi connectivity index (χ0) is 24.6. The second-order valence-corrected chi connectivity index (χ2v) is 9.26. The Hall–Kier alpha value is -3.55. The number of imide groups is 1. The summed E-state index contributed by atoms with van der Waals surface area (Å²) in [5.74, 6) is 0.917. The first-order valence-electron chi connectivity index (χ1n) is 11.4. The van der Waals surface area contributed by atoms with Gasteiger partial charge in [-0.15, -0.1) is 0 Å². The van der Waals surface area contributed by atoms with Crippen molar-refractivity contribution in [3.05, 3.63) is 58.7 Å². The van der Waals surface area contributed by atoms with Gasteiger partial charge in [-0.2, -0.15) is 0 Å². The van der Waals surface area contributed by atoms with Crippen molar-refractivity contribution in [3.8, 4) is 11.5 Å². The highest BCUT2D eigenvalue weighted by Crippen LogP contribution is 2.34. The van der Waals surface area contributed by atoms with Crippen LogP contribution in [0.1, 0.15) is 48.9 Å². The fourth-order valence-electron chi connectivity index (χ4n) is 4.57. The third-order valence-electron chi connectivity index (χ3n) is 6.79. The summed E-state index contributed by atoms with van der Waals surface area (Å²) in [4.78, 5) is 41.8. The van der Waals surface area contributed by atoms with Crippen LogP contribution in [0.15, 0.2) is 36.4 Å². The Morgan fingerprint density at radius 1 is 1.06 bits per heavy atom. The Kier molecular flexibility index (Phi) is 6.25. The zero-order valence-corrected chi connectivity index (χ0v) is 20.3. The number of fused-ring (bicyclic) bond motifs is 1. The van der Waals surface area contributed by atoms with Gasteiger partial charge < -0.3 is 19.7 Å². The van der Waals surface area contributed by atoms with Gasteiger partial charge in [-0.3, -0.25) is 14.5 Å². The molecule has 1 unspecified atom stereocenters. The van der Waals surface area contributed by atoms with Crippen LogP contribution in [0.5, 0.6) is 11.5 Å². The number of amides is 4. The molecular weight excluding hydrogens is 434 g/mol. The van der Waals surface area contributed by atoms with Crippen molar-refractivity contribution in [1.82, 2.24) is 15.1 Å². The largest absolute Gasteiger partial charge is 0.493 e. The highest BCUT2D eigenvalue weighted by Gasteiger charge is 2.49. The van der Waals surface area contributed by atoms with Crippen LogP contribution in [-0.2, 0) is 28.1 Å². The third-order valence-corrected chi connectivity index (χ3v) is 6.79. The number of hydrogen-bond acceptors (Lipinski definition) is 5.